The Morgan fingerprint density at radius 1 is 1.37 bits per heavy atom. The lowest BCUT2D eigenvalue weighted by Gasteiger charge is -2.25. The zero-order valence-corrected chi connectivity index (χ0v) is 12.0. The Balaban J connectivity index is 1.66. The van der Waals surface area contributed by atoms with Crippen LogP contribution >= 0.6 is 0 Å². The van der Waals surface area contributed by atoms with Crippen LogP contribution in [0.25, 0.3) is 0 Å². The van der Waals surface area contributed by atoms with E-state index >= 15 is 0 Å². The summed E-state index contributed by atoms with van der Waals surface area (Å²) in [5, 5.41) is 7.53. The van der Waals surface area contributed by atoms with Gasteiger partial charge in [0.15, 0.2) is 5.82 Å². The van der Waals surface area contributed by atoms with Gasteiger partial charge in [0.25, 0.3) is 0 Å². The lowest BCUT2D eigenvalue weighted by Crippen LogP contribution is -2.43. The third-order valence-corrected chi connectivity index (χ3v) is 4.61. The number of hydrogen-bond donors (Lipinski definition) is 1. The zero-order valence-electron chi connectivity index (χ0n) is 12.0. The van der Waals surface area contributed by atoms with E-state index in [9.17, 15) is 0 Å². The summed E-state index contributed by atoms with van der Waals surface area (Å²) in [4.78, 5) is 7.02. The van der Waals surface area contributed by atoms with Gasteiger partial charge in [0, 0.05) is 32.1 Å². The molecule has 1 N–H and O–H groups in total. The van der Waals surface area contributed by atoms with Gasteiger partial charge in [-0.15, -0.1) is 0 Å². The van der Waals surface area contributed by atoms with Crippen LogP contribution in [0.4, 0.5) is 0 Å². The summed E-state index contributed by atoms with van der Waals surface area (Å²) in [5.41, 5.74) is 0.304. The van der Waals surface area contributed by atoms with Crippen molar-refractivity contribution in [3.05, 3.63) is 11.7 Å². The summed E-state index contributed by atoms with van der Waals surface area (Å²) in [6, 6.07) is 0. The molecule has 0 spiro atoms. The van der Waals surface area contributed by atoms with Crippen molar-refractivity contribution in [2.24, 2.45) is 5.41 Å². The van der Waals surface area contributed by atoms with Crippen LogP contribution in [0.3, 0.4) is 0 Å². The van der Waals surface area contributed by atoms with Gasteiger partial charge in [0.2, 0.25) is 5.89 Å². The molecule has 2 aliphatic rings. The lowest BCUT2D eigenvalue weighted by molar-refractivity contribution is 0.223. The Morgan fingerprint density at radius 3 is 2.84 bits per heavy atom. The highest BCUT2D eigenvalue weighted by Crippen LogP contribution is 2.48. The molecule has 1 saturated heterocycles. The second kappa shape index (κ2) is 5.21. The van der Waals surface area contributed by atoms with Gasteiger partial charge in [-0.2, -0.15) is 4.98 Å². The van der Waals surface area contributed by atoms with Crippen molar-refractivity contribution in [3.63, 3.8) is 0 Å². The largest absolute Gasteiger partial charge is 0.339 e. The molecule has 1 aromatic heterocycles. The maximum absolute atomic E-state index is 5.52. The van der Waals surface area contributed by atoms with Crippen LogP contribution in [0.2, 0.25) is 0 Å². The molecule has 2 heterocycles. The summed E-state index contributed by atoms with van der Waals surface area (Å²) in [7, 11) is 0. The standard InChI is InChI=1S/C14H24N4O/c1-14(2)5-3-4-11(14)13-16-12(17-19-13)10-18-8-6-15-7-9-18/h11,15H,3-10H2,1-2H3. The molecule has 5 nitrogen and oxygen atoms in total. The average molecular weight is 264 g/mol. The van der Waals surface area contributed by atoms with Crippen LogP contribution < -0.4 is 5.32 Å². The highest BCUT2D eigenvalue weighted by atomic mass is 16.5. The SMILES string of the molecule is CC1(C)CCCC1c1nc(CN2CCNCC2)no1. The Bertz CT molecular complexity index is 423. The molecular weight excluding hydrogens is 240 g/mol. The van der Waals surface area contributed by atoms with Gasteiger partial charge in [-0.05, 0) is 18.3 Å². The molecule has 3 rings (SSSR count). The molecule has 1 atom stereocenters. The fraction of sp³-hybridized carbons (Fsp3) is 0.857. The topological polar surface area (TPSA) is 54.2 Å². The monoisotopic (exact) mass is 264 g/mol. The Hall–Kier alpha value is -0.940. The van der Waals surface area contributed by atoms with Gasteiger partial charge < -0.3 is 9.84 Å². The van der Waals surface area contributed by atoms with Crippen molar-refractivity contribution in [2.75, 3.05) is 26.2 Å². The van der Waals surface area contributed by atoms with E-state index in [1.807, 2.05) is 0 Å². The second-order valence-corrected chi connectivity index (χ2v) is 6.51. The van der Waals surface area contributed by atoms with E-state index in [0.29, 0.717) is 11.3 Å². The summed E-state index contributed by atoms with van der Waals surface area (Å²) >= 11 is 0. The lowest BCUT2D eigenvalue weighted by atomic mass is 9.82. The minimum absolute atomic E-state index is 0.304. The van der Waals surface area contributed by atoms with Crippen molar-refractivity contribution < 1.29 is 4.52 Å². The average Bonchev–Trinajstić information content (AvgIpc) is 2.96. The Labute approximate surface area is 114 Å². The molecule has 1 aliphatic heterocycles. The summed E-state index contributed by atoms with van der Waals surface area (Å²) in [5.74, 6) is 2.14. The van der Waals surface area contributed by atoms with E-state index in [1.165, 1.54) is 19.3 Å². The zero-order chi connectivity index (χ0) is 13.3. The highest BCUT2D eigenvalue weighted by molar-refractivity contribution is 5.04. The summed E-state index contributed by atoms with van der Waals surface area (Å²) in [6.07, 6.45) is 3.71. The first-order valence-electron chi connectivity index (χ1n) is 7.41. The van der Waals surface area contributed by atoms with Gasteiger partial charge in [-0.3, -0.25) is 4.90 Å². The summed E-state index contributed by atoms with van der Waals surface area (Å²) < 4.78 is 5.52. The number of aromatic nitrogens is 2. The molecule has 5 heteroatoms. The number of nitrogens with one attached hydrogen (secondary N) is 1. The second-order valence-electron chi connectivity index (χ2n) is 6.51. The van der Waals surface area contributed by atoms with Crippen LogP contribution in [0, 0.1) is 5.41 Å². The van der Waals surface area contributed by atoms with Crippen LogP contribution in [-0.4, -0.2) is 41.2 Å². The molecule has 106 valence electrons. The Kier molecular flexibility index (Phi) is 3.58. The molecule has 1 aromatic rings. The number of nitrogens with zero attached hydrogens (tertiary/aromatic N) is 3. The molecule has 1 aliphatic carbocycles. The first-order valence-corrected chi connectivity index (χ1v) is 7.41. The molecule has 0 amide bonds. The molecule has 19 heavy (non-hydrogen) atoms. The maximum atomic E-state index is 5.52. The predicted molar refractivity (Wildman–Crippen MR) is 72.8 cm³/mol. The minimum atomic E-state index is 0.304. The van der Waals surface area contributed by atoms with E-state index in [-0.39, 0.29) is 0 Å². The summed E-state index contributed by atoms with van der Waals surface area (Å²) in [6.45, 7) is 9.69. The van der Waals surface area contributed by atoms with Crippen molar-refractivity contribution in [1.82, 2.24) is 20.4 Å². The number of hydrogen-bond acceptors (Lipinski definition) is 5. The predicted octanol–water partition coefficient (Wildman–Crippen LogP) is 1.77. The van der Waals surface area contributed by atoms with Gasteiger partial charge in [0.1, 0.15) is 0 Å². The van der Waals surface area contributed by atoms with Crippen LogP contribution in [-0.2, 0) is 6.54 Å². The maximum Gasteiger partial charge on any atom is 0.230 e. The van der Waals surface area contributed by atoms with Gasteiger partial charge in [0.05, 0.1) is 6.54 Å². The molecule has 1 unspecified atom stereocenters. The fourth-order valence-electron chi connectivity index (χ4n) is 3.33. The smallest absolute Gasteiger partial charge is 0.230 e. The third kappa shape index (κ3) is 2.82. The first kappa shape index (κ1) is 13.1. The minimum Gasteiger partial charge on any atom is -0.339 e. The van der Waals surface area contributed by atoms with Crippen molar-refractivity contribution >= 4 is 0 Å². The van der Waals surface area contributed by atoms with E-state index in [2.05, 4.69) is 34.2 Å². The fourth-order valence-corrected chi connectivity index (χ4v) is 3.33. The third-order valence-electron chi connectivity index (χ3n) is 4.61. The van der Waals surface area contributed by atoms with Gasteiger partial charge in [-0.25, -0.2) is 0 Å². The number of piperazine rings is 1. The first-order chi connectivity index (χ1) is 9.15. The molecule has 0 radical (unpaired) electrons. The van der Waals surface area contributed by atoms with Crippen LogP contribution in [0.5, 0.6) is 0 Å². The molecule has 0 bridgehead atoms. The Morgan fingerprint density at radius 2 is 2.16 bits per heavy atom. The van der Waals surface area contributed by atoms with Gasteiger partial charge in [-0.1, -0.05) is 25.4 Å². The van der Waals surface area contributed by atoms with Gasteiger partial charge >= 0.3 is 0 Å². The molecular formula is C14H24N4O. The van der Waals surface area contributed by atoms with E-state index in [0.717, 1.165) is 44.4 Å². The molecule has 0 aromatic carbocycles. The highest BCUT2D eigenvalue weighted by Gasteiger charge is 2.39. The van der Waals surface area contributed by atoms with E-state index < -0.39 is 0 Å². The van der Waals surface area contributed by atoms with Crippen molar-refractivity contribution in [1.29, 1.82) is 0 Å². The number of rotatable bonds is 3. The van der Waals surface area contributed by atoms with E-state index in [1.54, 1.807) is 0 Å². The normalized spacial score (nSPS) is 27.8. The van der Waals surface area contributed by atoms with Crippen molar-refractivity contribution in [2.45, 2.75) is 45.6 Å². The van der Waals surface area contributed by atoms with Crippen LogP contribution in [0.1, 0.15) is 50.7 Å². The molecule has 1 saturated carbocycles. The van der Waals surface area contributed by atoms with Crippen molar-refractivity contribution in [3.8, 4) is 0 Å². The quantitative estimate of drug-likeness (QED) is 0.901. The molecule has 2 fully saturated rings. The van der Waals surface area contributed by atoms with Crippen LogP contribution in [0.15, 0.2) is 4.52 Å². The van der Waals surface area contributed by atoms with E-state index in [4.69, 9.17) is 4.52 Å².